The predicted molar refractivity (Wildman–Crippen MR) is 75.3 cm³/mol. The number of thioether (sulfide) groups is 1. The Morgan fingerprint density at radius 2 is 2.22 bits per heavy atom. The third-order valence-electron chi connectivity index (χ3n) is 3.03. The van der Waals surface area contributed by atoms with E-state index in [4.69, 9.17) is 4.74 Å². The minimum atomic E-state index is -0.0863. The number of rotatable bonds is 3. The van der Waals surface area contributed by atoms with Crippen LogP contribution in [0.1, 0.15) is 11.1 Å². The van der Waals surface area contributed by atoms with Gasteiger partial charge in [-0.3, -0.25) is 10.1 Å². The van der Waals surface area contributed by atoms with Crippen molar-refractivity contribution in [1.29, 1.82) is 0 Å². The van der Waals surface area contributed by atoms with Crippen LogP contribution in [0.5, 0.6) is 5.75 Å². The fourth-order valence-corrected chi connectivity index (χ4v) is 2.87. The molecule has 0 spiro atoms. The van der Waals surface area contributed by atoms with E-state index in [2.05, 4.69) is 10.6 Å². The molecular weight excluding hydrogens is 248 g/mol. The molecule has 0 bridgehead atoms. The van der Waals surface area contributed by atoms with Crippen LogP contribution >= 0.6 is 11.8 Å². The van der Waals surface area contributed by atoms with Crippen LogP contribution in [0, 0.1) is 13.8 Å². The molecule has 1 aromatic rings. The molecule has 1 aliphatic heterocycles. The number of ether oxygens (including phenoxy) is 1. The maximum absolute atomic E-state index is 12.0. The monoisotopic (exact) mass is 266 g/mol. The molecule has 1 aromatic carbocycles. The van der Waals surface area contributed by atoms with E-state index in [0.29, 0.717) is 0 Å². The van der Waals surface area contributed by atoms with E-state index in [0.717, 1.165) is 34.2 Å². The molecule has 2 N–H and O–H groups in total. The standard InChI is InChI=1S/C13H18N2O2S/c1-8-5-12(17-3)9(2)4-10(8)15-13(16)11-6-18-7-14-11/h4-5,11,14H,6-7H2,1-3H3,(H,15,16). The third kappa shape index (κ3) is 2.79. The van der Waals surface area contributed by atoms with Crippen molar-refractivity contribution in [2.24, 2.45) is 0 Å². The first-order valence-corrected chi connectivity index (χ1v) is 7.04. The van der Waals surface area contributed by atoms with Crippen molar-refractivity contribution in [3.05, 3.63) is 23.3 Å². The number of carbonyl (C=O) groups is 1. The van der Waals surface area contributed by atoms with E-state index in [9.17, 15) is 4.79 Å². The van der Waals surface area contributed by atoms with Gasteiger partial charge in [-0.15, -0.1) is 11.8 Å². The number of amides is 1. The van der Waals surface area contributed by atoms with Gasteiger partial charge in [-0.1, -0.05) is 0 Å². The number of benzene rings is 1. The zero-order valence-electron chi connectivity index (χ0n) is 10.9. The maximum atomic E-state index is 12.0. The van der Waals surface area contributed by atoms with Gasteiger partial charge in [-0.05, 0) is 37.1 Å². The van der Waals surface area contributed by atoms with Crippen molar-refractivity contribution in [1.82, 2.24) is 5.32 Å². The van der Waals surface area contributed by atoms with Crippen LogP contribution in [0.4, 0.5) is 5.69 Å². The molecule has 1 aliphatic rings. The summed E-state index contributed by atoms with van der Waals surface area (Å²) >= 11 is 1.74. The molecule has 18 heavy (non-hydrogen) atoms. The lowest BCUT2D eigenvalue weighted by atomic mass is 10.1. The number of anilines is 1. The smallest absolute Gasteiger partial charge is 0.242 e. The summed E-state index contributed by atoms with van der Waals surface area (Å²) in [5, 5.41) is 6.13. The quantitative estimate of drug-likeness (QED) is 0.877. The van der Waals surface area contributed by atoms with Crippen molar-refractivity contribution in [3.8, 4) is 5.75 Å². The van der Waals surface area contributed by atoms with Gasteiger partial charge in [-0.25, -0.2) is 0 Å². The zero-order valence-corrected chi connectivity index (χ0v) is 11.7. The van der Waals surface area contributed by atoms with Crippen LogP contribution in [-0.2, 0) is 4.79 Å². The molecule has 1 heterocycles. The highest BCUT2D eigenvalue weighted by atomic mass is 32.2. The Bertz CT molecular complexity index is 457. The van der Waals surface area contributed by atoms with Crippen LogP contribution in [0.2, 0.25) is 0 Å². The van der Waals surface area contributed by atoms with Crippen LogP contribution in [0.15, 0.2) is 12.1 Å². The Labute approximate surface area is 111 Å². The average molecular weight is 266 g/mol. The molecular formula is C13H18N2O2S. The van der Waals surface area contributed by atoms with Gasteiger partial charge in [0.2, 0.25) is 5.91 Å². The molecule has 1 fully saturated rings. The summed E-state index contributed by atoms with van der Waals surface area (Å²) in [7, 11) is 1.65. The first-order valence-electron chi connectivity index (χ1n) is 5.89. The second-order valence-electron chi connectivity index (χ2n) is 4.40. The minimum absolute atomic E-state index is 0.0349. The van der Waals surface area contributed by atoms with E-state index in [1.54, 1.807) is 18.9 Å². The Kier molecular flexibility index (Phi) is 4.14. The Balaban J connectivity index is 2.13. The predicted octanol–water partition coefficient (Wildman–Crippen LogP) is 1.91. The van der Waals surface area contributed by atoms with E-state index in [-0.39, 0.29) is 11.9 Å². The van der Waals surface area contributed by atoms with Crippen molar-refractivity contribution in [2.75, 3.05) is 24.1 Å². The number of methoxy groups -OCH3 is 1. The number of hydrogen-bond donors (Lipinski definition) is 2. The average Bonchev–Trinajstić information content (AvgIpc) is 2.87. The number of hydrogen-bond acceptors (Lipinski definition) is 4. The molecule has 0 saturated carbocycles. The molecule has 98 valence electrons. The van der Waals surface area contributed by atoms with Gasteiger partial charge in [0.05, 0.1) is 13.2 Å². The molecule has 1 amide bonds. The van der Waals surface area contributed by atoms with E-state index in [1.165, 1.54) is 0 Å². The van der Waals surface area contributed by atoms with Crippen LogP contribution in [-0.4, -0.2) is 30.7 Å². The van der Waals surface area contributed by atoms with Crippen LogP contribution < -0.4 is 15.4 Å². The van der Waals surface area contributed by atoms with Gasteiger partial charge in [0.25, 0.3) is 0 Å². The molecule has 1 unspecified atom stereocenters. The fourth-order valence-electron chi connectivity index (χ4n) is 1.93. The highest BCUT2D eigenvalue weighted by Gasteiger charge is 2.22. The fraction of sp³-hybridized carbons (Fsp3) is 0.462. The summed E-state index contributed by atoms with van der Waals surface area (Å²) in [6.07, 6.45) is 0. The number of carbonyl (C=O) groups excluding carboxylic acids is 1. The highest BCUT2D eigenvalue weighted by Crippen LogP contribution is 2.26. The van der Waals surface area contributed by atoms with E-state index < -0.39 is 0 Å². The number of aryl methyl sites for hydroxylation is 2. The summed E-state index contributed by atoms with van der Waals surface area (Å²) in [6.45, 7) is 3.94. The maximum Gasteiger partial charge on any atom is 0.242 e. The second-order valence-corrected chi connectivity index (χ2v) is 5.43. The molecule has 1 atom stereocenters. The Morgan fingerprint density at radius 1 is 1.44 bits per heavy atom. The van der Waals surface area contributed by atoms with Crippen molar-refractivity contribution in [3.63, 3.8) is 0 Å². The molecule has 1 saturated heterocycles. The summed E-state index contributed by atoms with van der Waals surface area (Å²) < 4.78 is 5.26. The van der Waals surface area contributed by atoms with Gasteiger partial charge < -0.3 is 10.1 Å². The zero-order chi connectivity index (χ0) is 13.1. The van der Waals surface area contributed by atoms with E-state index in [1.807, 2.05) is 26.0 Å². The lowest BCUT2D eigenvalue weighted by Crippen LogP contribution is -2.37. The summed E-state index contributed by atoms with van der Waals surface area (Å²) in [5.74, 6) is 2.56. The first-order chi connectivity index (χ1) is 8.61. The SMILES string of the molecule is COc1cc(C)c(NC(=O)C2CSCN2)cc1C. The van der Waals surface area contributed by atoms with Gasteiger partial charge in [0.1, 0.15) is 5.75 Å². The Hall–Kier alpha value is -1.20. The second kappa shape index (κ2) is 5.63. The molecule has 0 aliphatic carbocycles. The normalized spacial score (nSPS) is 18.7. The van der Waals surface area contributed by atoms with Gasteiger partial charge in [0, 0.05) is 17.3 Å². The molecule has 0 aromatic heterocycles. The largest absolute Gasteiger partial charge is 0.496 e. The lowest BCUT2D eigenvalue weighted by Gasteiger charge is -2.14. The Morgan fingerprint density at radius 3 is 2.83 bits per heavy atom. The van der Waals surface area contributed by atoms with E-state index >= 15 is 0 Å². The summed E-state index contributed by atoms with van der Waals surface area (Å²) in [5.41, 5.74) is 2.89. The molecule has 2 rings (SSSR count). The van der Waals surface area contributed by atoms with Gasteiger partial charge >= 0.3 is 0 Å². The van der Waals surface area contributed by atoms with Crippen LogP contribution in [0.25, 0.3) is 0 Å². The van der Waals surface area contributed by atoms with Crippen molar-refractivity contribution in [2.45, 2.75) is 19.9 Å². The van der Waals surface area contributed by atoms with Crippen molar-refractivity contribution < 1.29 is 9.53 Å². The molecule has 5 heteroatoms. The first kappa shape index (κ1) is 13.2. The third-order valence-corrected chi connectivity index (χ3v) is 3.97. The van der Waals surface area contributed by atoms with Gasteiger partial charge in [-0.2, -0.15) is 0 Å². The summed E-state index contributed by atoms with van der Waals surface area (Å²) in [4.78, 5) is 12.0. The highest BCUT2D eigenvalue weighted by molar-refractivity contribution is 7.99. The lowest BCUT2D eigenvalue weighted by molar-refractivity contribution is -0.117. The topological polar surface area (TPSA) is 50.4 Å². The molecule has 0 radical (unpaired) electrons. The number of nitrogens with one attached hydrogen (secondary N) is 2. The van der Waals surface area contributed by atoms with Crippen molar-refractivity contribution >= 4 is 23.4 Å². The van der Waals surface area contributed by atoms with Crippen LogP contribution in [0.3, 0.4) is 0 Å². The minimum Gasteiger partial charge on any atom is -0.496 e. The molecule has 4 nitrogen and oxygen atoms in total. The summed E-state index contributed by atoms with van der Waals surface area (Å²) in [6, 6.07) is 3.81. The van der Waals surface area contributed by atoms with Gasteiger partial charge in [0.15, 0.2) is 0 Å².